The molecule has 1 aromatic heterocycles. The van der Waals surface area contributed by atoms with Gasteiger partial charge in [-0.1, -0.05) is 18.2 Å². The summed E-state index contributed by atoms with van der Waals surface area (Å²) in [6.07, 6.45) is 2.75. The number of benzene rings is 1. The smallest absolute Gasteiger partial charge is 0.0485 e. The Morgan fingerprint density at radius 1 is 1.29 bits per heavy atom. The lowest BCUT2D eigenvalue weighted by molar-refractivity contribution is 0.534. The average molecular weight is 249 g/mol. The Labute approximate surface area is 107 Å². The summed E-state index contributed by atoms with van der Waals surface area (Å²) in [6, 6.07) is 8.72. The number of hydrogen-bond donors (Lipinski definition) is 1. The van der Waals surface area contributed by atoms with Gasteiger partial charge in [-0.2, -0.15) is 0 Å². The second-order valence-electron chi connectivity index (χ2n) is 5.13. The summed E-state index contributed by atoms with van der Waals surface area (Å²) in [4.78, 5) is 0. The molecule has 2 N–H and O–H groups in total. The molecule has 1 aliphatic carbocycles. The highest BCUT2D eigenvalue weighted by molar-refractivity contribution is 5.86. The minimum Gasteiger partial charge on any atom is -0.344 e. The van der Waals surface area contributed by atoms with Crippen LogP contribution in [0.3, 0.4) is 0 Å². The predicted octanol–water partition coefficient (Wildman–Crippen LogP) is 3.03. The minimum atomic E-state index is 0. The summed E-state index contributed by atoms with van der Waals surface area (Å²) in [5.41, 5.74) is 10.3. The van der Waals surface area contributed by atoms with Crippen LogP contribution in [0.2, 0.25) is 0 Å². The fraction of sp³-hybridized carbons (Fsp3) is 0.429. The highest BCUT2D eigenvalue weighted by atomic mass is 35.5. The third-order valence-corrected chi connectivity index (χ3v) is 4.32. The van der Waals surface area contributed by atoms with Gasteiger partial charge in [-0.25, -0.2) is 0 Å². The Hall–Kier alpha value is -0.990. The van der Waals surface area contributed by atoms with E-state index in [4.69, 9.17) is 5.73 Å². The molecule has 2 atom stereocenters. The van der Waals surface area contributed by atoms with Crippen molar-refractivity contribution in [3.8, 4) is 0 Å². The highest BCUT2D eigenvalue weighted by Crippen LogP contribution is 2.55. The van der Waals surface area contributed by atoms with Gasteiger partial charge in [-0.05, 0) is 30.4 Å². The van der Waals surface area contributed by atoms with E-state index >= 15 is 0 Å². The zero-order valence-corrected chi connectivity index (χ0v) is 10.5. The number of aromatic nitrogens is 1. The number of fused-ring (bicyclic) bond motifs is 5. The Bertz CT molecular complexity index is 540. The first-order valence-corrected chi connectivity index (χ1v) is 6.20. The Morgan fingerprint density at radius 2 is 2.12 bits per heavy atom. The van der Waals surface area contributed by atoms with Crippen molar-refractivity contribution < 1.29 is 0 Å². The number of nitrogens with zero attached hydrogens (tertiary/aromatic N) is 1. The molecular formula is C14H17ClN2. The van der Waals surface area contributed by atoms with Gasteiger partial charge in [0.25, 0.3) is 0 Å². The molecule has 0 amide bonds. The molecule has 0 radical (unpaired) electrons. The first kappa shape index (κ1) is 11.1. The van der Waals surface area contributed by atoms with E-state index in [0.29, 0.717) is 6.54 Å². The van der Waals surface area contributed by atoms with E-state index in [-0.39, 0.29) is 12.4 Å². The van der Waals surface area contributed by atoms with E-state index in [0.717, 1.165) is 11.8 Å². The fourth-order valence-corrected chi connectivity index (χ4v) is 3.47. The number of nitrogens with two attached hydrogens (primary N) is 1. The topological polar surface area (TPSA) is 30.9 Å². The summed E-state index contributed by atoms with van der Waals surface area (Å²) in [6.45, 7) is 1.88. The van der Waals surface area contributed by atoms with Crippen molar-refractivity contribution in [2.24, 2.45) is 11.7 Å². The van der Waals surface area contributed by atoms with E-state index < -0.39 is 0 Å². The molecular weight excluding hydrogens is 232 g/mol. The van der Waals surface area contributed by atoms with Crippen LogP contribution in [0.1, 0.15) is 30.0 Å². The first-order chi connectivity index (χ1) is 7.90. The molecule has 4 rings (SSSR count). The molecule has 2 heterocycles. The third-order valence-electron chi connectivity index (χ3n) is 4.32. The standard InChI is InChI=1S/C14H16N2.ClH/c15-8-12-10-3-1-2-4-13(10)16-6-5-9-7-11(9)14(12)16;/h1-4,9,11H,5-8,15H2;1H. The number of halogens is 1. The van der Waals surface area contributed by atoms with Crippen molar-refractivity contribution >= 4 is 23.3 Å². The zero-order chi connectivity index (χ0) is 10.7. The molecule has 1 fully saturated rings. The maximum Gasteiger partial charge on any atom is 0.0485 e. The summed E-state index contributed by atoms with van der Waals surface area (Å²) in [7, 11) is 0. The average Bonchev–Trinajstić information content (AvgIpc) is 3.05. The molecule has 0 spiro atoms. The zero-order valence-electron chi connectivity index (χ0n) is 9.73. The van der Waals surface area contributed by atoms with Gasteiger partial charge in [-0.3, -0.25) is 0 Å². The molecule has 90 valence electrons. The van der Waals surface area contributed by atoms with Gasteiger partial charge in [0.15, 0.2) is 0 Å². The summed E-state index contributed by atoms with van der Waals surface area (Å²) < 4.78 is 2.52. The molecule has 2 nitrogen and oxygen atoms in total. The van der Waals surface area contributed by atoms with E-state index in [1.165, 1.54) is 35.9 Å². The van der Waals surface area contributed by atoms with Gasteiger partial charge >= 0.3 is 0 Å². The lowest BCUT2D eigenvalue weighted by atomic mass is 10.1. The summed E-state index contributed by atoms with van der Waals surface area (Å²) >= 11 is 0. The van der Waals surface area contributed by atoms with Crippen LogP contribution in [0.25, 0.3) is 10.9 Å². The maximum atomic E-state index is 5.95. The Balaban J connectivity index is 0.000000902. The summed E-state index contributed by atoms with van der Waals surface area (Å²) in [5.74, 6) is 1.78. The van der Waals surface area contributed by atoms with Crippen LogP contribution in [-0.4, -0.2) is 4.57 Å². The van der Waals surface area contributed by atoms with Crippen LogP contribution in [0.4, 0.5) is 0 Å². The third kappa shape index (κ3) is 1.37. The van der Waals surface area contributed by atoms with E-state index in [1.54, 1.807) is 5.69 Å². The molecule has 2 aliphatic rings. The van der Waals surface area contributed by atoms with Crippen molar-refractivity contribution in [1.29, 1.82) is 0 Å². The minimum absolute atomic E-state index is 0. The molecule has 1 saturated carbocycles. The molecule has 3 heteroatoms. The SMILES string of the molecule is Cl.NCc1c2n(c3ccccc13)CCC1CC21. The first-order valence-electron chi connectivity index (χ1n) is 6.20. The van der Waals surface area contributed by atoms with Gasteiger partial charge in [0.1, 0.15) is 0 Å². The molecule has 1 aliphatic heterocycles. The van der Waals surface area contributed by atoms with Crippen LogP contribution >= 0.6 is 12.4 Å². The Kier molecular flexibility index (Phi) is 2.46. The van der Waals surface area contributed by atoms with Crippen molar-refractivity contribution in [3.63, 3.8) is 0 Å². The number of aryl methyl sites for hydroxylation is 1. The van der Waals surface area contributed by atoms with Crippen LogP contribution in [0.5, 0.6) is 0 Å². The van der Waals surface area contributed by atoms with Gasteiger partial charge < -0.3 is 10.3 Å². The fourth-order valence-electron chi connectivity index (χ4n) is 3.47. The molecule has 2 aromatic rings. The van der Waals surface area contributed by atoms with Gasteiger partial charge in [-0.15, -0.1) is 12.4 Å². The van der Waals surface area contributed by atoms with Crippen molar-refractivity contribution in [2.45, 2.75) is 31.8 Å². The predicted molar refractivity (Wildman–Crippen MR) is 72.5 cm³/mol. The highest BCUT2D eigenvalue weighted by Gasteiger charge is 2.44. The van der Waals surface area contributed by atoms with Crippen LogP contribution < -0.4 is 5.73 Å². The molecule has 2 unspecified atom stereocenters. The molecule has 17 heavy (non-hydrogen) atoms. The van der Waals surface area contributed by atoms with E-state index in [2.05, 4.69) is 28.8 Å². The monoisotopic (exact) mass is 248 g/mol. The van der Waals surface area contributed by atoms with E-state index in [1.807, 2.05) is 0 Å². The number of rotatable bonds is 1. The second-order valence-corrected chi connectivity index (χ2v) is 5.13. The van der Waals surface area contributed by atoms with Gasteiger partial charge in [0.2, 0.25) is 0 Å². The maximum absolute atomic E-state index is 5.95. The normalized spacial score (nSPS) is 25.0. The molecule has 1 aromatic carbocycles. The molecule has 0 bridgehead atoms. The number of hydrogen-bond acceptors (Lipinski definition) is 1. The van der Waals surface area contributed by atoms with Crippen LogP contribution in [-0.2, 0) is 13.1 Å². The lowest BCUT2D eigenvalue weighted by Gasteiger charge is -2.16. The van der Waals surface area contributed by atoms with Crippen molar-refractivity contribution in [1.82, 2.24) is 4.57 Å². The van der Waals surface area contributed by atoms with Crippen molar-refractivity contribution in [2.75, 3.05) is 0 Å². The van der Waals surface area contributed by atoms with Gasteiger partial charge in [0, 0.05) is 35.6 Å². The quantitative estimate of drug-likeness (QED) is 0.826. The lowest BCUT2D eigenvalue weighted by Crippen LogP contribution is -2.11. The Morgan fingerprint density at radius 3 is 2.94 bits per heavy atom. The van der Waals surface area contributed by atoms with Crippen LogP contribution in [0, 0.1) is 5.92 Å². The number of para-hydroxylation sites is 1. The van der Waals surface area contributed by atoms with Crippen molar-refractivity contribution in [3.05, 3.63) is 35.5 Å². The largest absolute Gasteiger partial charge is 0.344 e. The van der Waals surface area contributed by atoms with E-state index in [9.17, 15) is 0 Å². The van der Waals surface area contributed by atoms with Crippen LogP contribution in [0.15, 0.2) is 24.3 Å². The second kappa shape index (κ2) is 3.76. The summed E-state index contributed by atoms with van der Waals surface area (Å²) in [5, 5.41) is 1.38. The molecule has 0 saturated heterocycles. The van der Waals surface area contributed by atoms with Gasteiger partial charge in [0.05, 0.1) is 0 Å².